The first-order chi connectivity index (χ1) is 15.6. The fraction of sp³-hybridized carbons (Fsp3) is 0.462. The average molecular weight is 473 g/mol. The quantitative estimate of drug-likeness (QED) is 0.264. The van der Waals surface area contributed by atoms with Gasteiger partial charge in [-0.3, -0.25) is 9.59 Å². The summed E-state index contributed by atoms with van der Waals surface area (Å²) in [6.45, 7) is 0. The summed E-state index contributed by atoms with van der Waals surface area (Å²) in [4.78, 5) is 23.4. The molecule has 1 saturated carbocycles. The zero-order valence-electron chi connectivity index (χ0n) is 18.6. The maximum Gasteiger partial charge on any atom is 0.315 e. The van der Waals surface area contributed by atoms with Crippen LogP contribution in [0, 0.1) is 5.92 Å². The third-order valence-corrected chi connectivity index (χ3v) is 8.24. The number of fused-ring (bicyclic) bond motifs is 1. The third-order valence-electron chi connectivity index (χ3n) is 5.73. The summed E-state index contributed by atoms with van der Waals surface area (Å²) < 4.78 is 4.63. The van der Waals surface area contributed by atoms with Crippen molar-refractivity contribution in [1.82, 2.24) is 0 Å². The summed E-state index contributed by atoms with van der Waals surface area (Å²) in [6.07, 6.45) is 7.37. The number of ether oxygens (including phenoxy) is 1. The lowest BCUT2D eigenvalue weighted by atomic mass is 10.0. The van der Waals surface area contributed by atoms with Crippen LogP contribution in [-0.4, -0.2) is 52.6 Å². The van der Waals surface area contributed by atoms with Crippen molar-refractivity contribution in [3.05, 3.63) is 60.2 Å². The van der Waals surface area contributed by atoms with Crippen molar-refractivity contribution in [2.75, 3.05) is 24.4 Å². The lowest BCUT2D eigenvalue weighted by molar-refractivity contribution is -0.137. The van der Waals surface area contributed by atoms with E-state index in [0.29, 0.717) is 24.4 Å². The number of benzene rings is 2. The molecule has 3 atom stereocenters. The van der Waals surface area contributed by atoms with E-state index < -0.39 is 6.10 Å². The highest BCUT2D eigenvalue weighted by atomic mass is 32.2. The van der Waals surface area contributed by atoms with E-state index in [1.54, 1.807) is 23.5 Å². The van der Waals surface area contributed by atoms with Crippen LogP contribution in [0.5, 0.6) is 0 Å². The largest absolute Gasteiger partial charge is 0.468 e. The van der Waals surface area contributed by atoms with Gasteiger partial charge >= 0.3 is 5.97 Å². The summed E-state index contributed by atoms with van der Waals surface area (Å²) >= 11 is 3.28. The Hall–Kier alpha value is -1.76. The maximum absolute atomic E-state index is 12.3. The molecule has 1 aliphatic carbocycles. The number of carbonyl (C=O) groups is 2. The smallest absolute Gasteiger partial charge is 0.315 e. The van der Waals surface area contributed by atoms with Gasteiger partial charge in [-0.25, -0.2) is 0 Å². The Morgan fingerprint density at radius 3 is 2.84 bits per heavy atom. The molecule has 2 aromatic carbocycles. The Morgan fingerprint density at radius 1 is 1.22 bits per heavy atom. The lowest BCUT2D eigenvalue weighted by Crippen LogP contribution is -2.17. The Labute approximate surface area is 199 Å². The molecule has 6 heteroatoms. The van der Waals surface area contributed by atoms with E-state index in [9.17, 15) is 14.7 Å². The van der Waals surface area contributed by atoms with Crippen LogP contribution in [0.25, 0.3) is 10.8 Å². The molecule has 172 valence electrons. The summed E-state index contributed by atoms with van der Waals surface area (Å²) in [5, 5.41) is 12.9. The number of thioether (sulfide) groups is 2. The second kappa shape index (κ2) is 13.1. The number of hydrogen-bond acceptors (Lipinski definition) is 6. The molecule has 1 aliphatic rings. The number of methoxy groups -OCH3 is 1. The van der Waals surface area contributed by atoms with Gasteiger partial charge in [0.2, 0.25) is 0 Å². The molecule has 1 N–H and O–H groups in total. The number of aliphatic hydroxyl groups is 1. The van der Waals surface area contributed by atoms with Crippen molar-refractivity contribution >= 4 is 46.0 Å². The van der Waals surface area contributed by atoms with E-state index in [4.69, 9.17) is 0 Å². The summed E-state index contributed by atoms with van der Waals surface area (Å²) in [6, 6.07) is 14.8. The average Bonchev–Trinajstić information content (AvgIpc) is 3.17. The number of Topliss-reactive ketones (excluding diaryl/α,β-unsaturated/α-hetero) is 1. The minimum absolute atomic E-state index is 0.00968. The van der Waals surface area contributed by atoms with Crippen molar-refractivity contribution in [2.24, 2.45) is 5.92 Å². The predicted octanol–water partition coefficient (Wildman–Crippen LogP) is 5.07. The van der Waals surface area contributed by atoms with Crippen LogP contribution in [0.2, 0.25) is 0 Å². The van der Waals surface area contributed by atoms with Crippen molar-refractivity contribution in [1.29, 1.82) is 0 Å². The Kier molecular flexibility index (Phi) is 10.2. The van der Waals surface area contributed by atoms with E-state index in [2.05, 4.69) is 41.1 Å². The Morgan fingerprint density at radius 2 is 2.03 bits per heavy atom. The van der Waals surface area contributed by atoms with Crippen LogP contribution >= 0.6 is 23.5 Å². The van der Waals surface area contributed by atoms with Gasteiger partial charge in [0.15, 0.2) is 0 Å². The van der Waals surface area contributed by atoms with E-state index >= 15 is 0 Å². The lowest BCUT2D eigenvalue weighted by Gasteiger charge is -2.15. The van der Waals surface area contributed by atoms with Gasteiger partial charge in [-0.15, -0.1) is 11.8 Å². The normalized spacial score (nSPS) is 19.6. The van der Waals surface area contributed by atoms with Gasteiger partial charge in [0.25, 0.3) is 0 Å². The highest BCUT2D eigenvalue weighted by Gasteiger charge is 2.33. The fourth-order valence-corrected chi connectivity index (χ4v) is 6.22. The van der Waals surface area contributed by atoms with Crippen LogP contribution in [-0.2, 0) is 20.7 Å². The van der Waals surface area contributed by atoms with Gasteiger partial charge < -0.3 is 9.84 Å². The van der Waals surface area contributed by atoms with E-state index in [0.717, 1.165) is 30.8 Å². The van der Waals surface area contributed by atoms with Gasteiger partial charge in [-0.2, -0.15) is 11.8 Å². The highest BCUT2D eigenvalue weighted by Crippen LogP contribution is 2.34. The van der Waals surface area contributed by atoms with Gasteiger partial charge in [0, 0.05) is 6.42 Å². The molecular formula is C26H32O4S2. The van der Waals surface area contributed by atoms with Crippen LogP contribution in [0.15, 0.2) is 54.6 Å². The molecule has 0 aromatic heterocycles. The standard InChI is InChI=1S/C26H32O4S2/c1-30-25(29)18-31-15-4-16-32-26-21(11-14-24(26)28)10-13-23(27)12-8-19-7-9-20-5-2-3-6-22(20)17-19/h2-3,5-7,9-10,13,17,21,23,26-27H,4,8,11-12,14-16,18H2,1H3/t21-,23+,26-/m1/s1. The fourth-order valence-electron chi connectivity index (χ4n) is 3.92. The molecule has 0 bridgehead atoms. The number of aliphatic hydroxyl groups excluding tert-OH is 1. The topological polar surface area (TPSA) is 63.6 Å². The second-order valence-electron chi connectivity index (χ2n) is 8.11. The van der Waals surface area contributed by atoms with E-state index in [-0.39, 0.29) is 17.1 Å². The van der Waals surface area contributed by atoms with Crippen LogP contribution in [0.3, 0.4) is 0 Å². The first-order valence-corrected chi connectivity index (χ1v) is 13.4. The van der Waals surface area contributed by atoms with Crippen molar-refractivity contribution < 1.29 is 19.4 Å². The Balaban J connectivity index is 1.41. The van der Waals surface area contributed by atoms with E-state index in [1.807, 2.05) is 18.2 Å². The number of esters is 1. The van der Waals surface area contributed by atoms with Crippen molar-refractivity contribution in [2.45, 2.75) is 43.5 Å². The number of allylic oxidation sites excluding steroid dienone is 1. The van der Waals surface area contributed by atoms with Gasteiger partial charge in [-0.05, 0) is 59.4 Å². The van der Waals surface area contributed by atoms with Crippen LogP contribution < -0.4 is 0 Å². The monoisotopic (exact) mass is 472 g/mol. The van der Waals surface area contributed by atoms with Crippen molar-refractivity contribution in [3.63, 3.8) is 0 Å². The number of aryl methyl sites for hydroxylation is 1. The molecule has 0 unspecified atom stereocenters. The van der Waals surface area contributed by atoms with E-state index in [1.165, 1.54) is 23.4 Å². The molecule has 3 rings (SSSR count). The van der Waals surface area contributed by atoms with Gasteiger partial charge in [0.1, 0.15) is 5.78 Å². The molecule has 0 aliphatic heterocycles. The molecule has 0 heterocycles. The highest BCUT2D eigenvalue weighted by molar-refractivity contribution is 8.01. The van der Waals surface area contributed by atoms with Crippen molar-refractivity contribution in [3.8, 4) is 0 Å². The third kappa shape index (κ3) is 7.68. The first-order valence-electron chi connectivity index (χ1n) is 11.2. The summed E-state index contributed by atoms with van der Waals surface area (Å²) in [5.41, 5.74) is 1.23. The number of rotatable bonds is 12. The SMILES string of the molecule is COC(=O)CSCCCS[C@H]1C(=O)CC[C@H]1C=C[C@@H](O)CCc1ccc2ccccc2c1. The molecule has 1 fully saturated rings. The summed E-state index contributed by atoms with van der Waals surface area (Å²) in [5.74, 6) is 2.49. The molecule has 32 heavy (non-hydrogen) atoms. The molecule has 2 aromatic rings. The second-order valence-corrected chi connectivity index (χ2v) is 10.5. The van der Waals surface area contributed by atoms with Gasteiger partial charge in [-0.1, -0.05) is 54.6 Å². The molecular weight excluding hydrogens is 440 g/mol. The molecule has 4 nitrogen and oxygen atoms in total. The minimum Gasteiger partial charge on any atom is -0.468 e. The molecule has 0 saturated heterocycles. The van der Waals surface area contributed by atoms with Gasteiger partial charge in [0.05, 0.1) is 24.2 Å². The van der Waals surface area contributed by atoms with Crippen LogP contribution in [0.1, 0.15) is 31.2 Å². The number of ketones is 1. The molecule has 0 radical (unpaired) electrons. The molecule has 0 amide bonds. The summed E-state index contributed by atoms with van der Waals surface area (Å²) in [7, 11) is 1.40. The zero-order valence-corrected chi connectivity index (χ0v) is 20.2. The Bertz CT molecular complexity index is 927. The zero-order chi connectivity index (χ0) is 22.8. The molecule has 0 spiro atoms. The maximum atomic E-state index is 12.3. The number of carbonyl (C=O) groups excluding carboxylic acids is 2. The predicted molar refractivity (Wildman–Crippen MR) is 135 cm³/mol. The minimum atomic E-state index is -0.502. The number of hydrogen-bond donors (Lipinski definition) is 1. The first kappa shape index (κ1) is 24.9. The van der Waals surface area contributed by atoms with Crippen LogP contribution in [0.4, 0.5) is 0 Å².